The number of carbonyl (C=O) groups is 2. The van der Waals surface area contributed by atoms with Crippen LogP contribution in [0.5, 0.6) is 0 Å². The highest BCUT2D eigenvalue weighted by atomic mass is 16.4. The third-order valence-corrected chi connectivity index (χ3v) is 4.81. The molecule has 2 aliphatic carbocycles. The highest BCUT2D eigenvalue weighted by Gasteiger charge is 2.51. The van der Waals surface area contributed by atoms with E-state index in [1.807, 2.05) is 13.8 Å². The topological polar surface area (TPSA) is 66.4 Å². The maximum absolute atomic E-state index is 11.9. The maximum Gasteiger partial charge on any atom is 0.311 e. The molecule has 18 heavy (non-hydrogen) atoms. The number of rotatable bonds is 7. The molecule has 0 radical (unpaired) electrons. The zero-order valence-electron chi connectivity index (χ0n) is 11.2. The molecule has 4 heteroatoms. The molecule has 2 saturated carbocycles. The van der Waals surface area contributed by atoms with Crippen LogP contribution in [-0.4, -0.2) is 23.5 Å². The van der Waals surface area contributed by atoms with Crippen molar-refractivity contribution in [2.75, 3.05) is 6.54 Å². The molecule has 2 atom stereocenters. The molecule has 0 spiro atoms. The van der Waals surface area contributed by atoms with Crippen molar-refractivity contribution in [1.29, 1.82) is 0 Å². The van der Waals surface area contributed by atoms with Crippen LogP contribution >= 0.6 is 0 Å². The summed E-state index contributed by atoms with van der Waals surface area (Å²) in [5, 5.41) is 12.2. The molecular formula is C14H23NO3. The van der Waals surface area contributed by atoms with Crippen LogP contribution in [0.4, 0.5) is 0 Å². The summed E-state index contributed by atoms with van der Waals surface area (Å²) in [4.78, 5) is 23.3. The largest absolute Gasteiger partial charge is 0.481 e. The van der Waals surface area contributed by atoms with Crippen LogP contribution in [-0.2, 0) is 9.59 Å². The Hall–Kier alpha value is -1.06. The SMILES string of the molecule is CCC(CC)(CNC(=O)C1CC1C1CC1)C(=O)O. The average Bonchev–Trinajstić information content (AvgIpc) is 3.19. The number of carboxylic acid groups (broad SMARTS) is 1. The first kappa shape index (κ1) is 13.4. The lowest BCUT2D eigenvalue weighted by Gasteiger charge is -2.26. The van der Waals surface area contributed by atoms with Crippen molar-refractivity contribution in [3.8, 4) is 0 Å². The number of nitrogens with one attached hydrogen (secondary N) is 1. The van der Waals surface area contributed by atoms with Crippen molar-refractivity contribution < 1.29 is 14.7 Å². The summed E-state index contributed by atoms with van der Waals surface area (Å²) >= 11 is 0. The van der Waals surface area contributed by atoms with Crippen LogP contribution in [0.1, 0.15) is 46.0 Å². The van der Waals surface area contributed by atoms with Gasteiger partial charge in [0, 0.05) is 12.5 Å². The standard InChI is InChI=1S/C14H23NO3/c1-3-14(4-2,13(17)18)8-15-12(16)11-7-10(11)9-5-6-9/h9-11H,3-8H2,1-2H3,(H,15,16)(H,17,18). The van der Waals surface area contributed by atoms with Gasteiger partial charge < -0.3 is 10.4 Å². The monoisotopic (exact) mass is 253 g/mol. The summed E-state index contributed by atoms with van der Waals surface area (Å²) in [7, 11) is 0. The zero-order valence-corrected chi connectivity index (χ0v) is 11.2. The summed E-state index contributed by atoms with van der Waals surface area (Å²) in [6.07, 6.45) is 4.66. The van der Waals surface area contributed by atoms with Crippen molar-refractivity contribution in [3.63, 3.8) is 0 Å². The summed E-state index contributed by atoms with van der Waals surface area (Å²) in [6.45, 7) is 4.00. The molecule has 2 N–H and O–H groups in total. The first-order valence-electron chi connectivity index (χ1n) is 7.05. The van der Waals surface area contributed by atoms with E-state index < -0.39 is 11.4 Å². The molecule has 0 bridgehead atoms. The van der Waals surface area contributed by atoms with Crippen molar-refractivity contribution in [2.24, 2.45) is 23.2 Å². The van der Waals surface area contributed by atoms with Crippen LogP contribution in [0.3, 0.4) is 0 Å². The van der Waals surface area contributed by atoms with Crippen LogP contribution in [0.25, 0.3) is 0 Å². The van der Waals surface area contributed by atoms with Gasteiger partial charge >= 0.3 is 5.97 Å². The lowest BCUT2D eigenvalue weighted by molar-refractivity contribution is -0.149. The predicted octanol–water partition coefficient (Wildman–Crippen LogP) is 2.04. The van der Waals surface area contributed by atoms with E-state index in [-0.39, 0.29) is 18.4 Å². The summed E-state index contributed by atoms with van der Waals surface area (Å²) in [5.74, 6) is 0.800. The summed E-state index contributed by atoms with van der Waals surface area (Å²) in [5.41, 5.74) is -0.792. The van der Waals surface area contributed by atoms with E-state index in [0.717, 1.165) is 12.3 Å². The normalized spacial score (nSPS) is 26.8. The van der Waals surface area contributed by atoms with E-state index in [9.17, 15) is 14.7 Å². The second kappa shape index (κ2) is 4.90. The molecule has 2 rings (SSSR count). The van der Waals surface area contributed by atoms with Gasteiger partial charge in [0.25, 0.3) is 0 Å². The number of amides is 1. The van der Waals surface area contributed by atoms with Gasteiger partial charge in [0.05, 0.1) is 5.41 Å². The van der Waals surface area contributed by atoms with Gasteiger partial charge in [-0.15, -0.1) is 0 Å². The van der Waals surface area contributed by atoms with Crippen LogP contribution < -0.4 is 5.32 Å². The molecule has 0 aromatic heterocycles. The van der Waals surface area contributed by atoms with E-state index in [0.29, 0.717) is 18.8 Å². The fourth-order valence-corrected chi connectivity index (χ4v) is 2.83. The Bertz CT molecular complexity index is 345. The minimum Gasteiger partial charge on any atom is -0.481 e. The van der Waals surface area contributed by atoms with Gasteiger partial charge in [-0.1, -0.05) is 13.8 Å². The van der Waals surface area contributed by atoms with Crippen molar-refractivity contribution >= 4 is 11.9 Å². The summed E-state index contributed by atoms with van der Waals surface area (Å²) < 4.78 is 0. The molecule has 2 unspecified atom stereocenters. The van der Waals surface area contributed by atoms with Gasteiger partial charge in [-0.3, -0.25) is 9.59 Å². The lowest BCUT2D eigenvalue weighted by Crippen LogP contribution is -2.43. The molecule has 1 amide bonds. The molecular weight excluding hydrogens is 230 g/mol. The fraction of sp³-hybridized carbons (Fsp3) is 0.857. The third kappa shape index (κ3) is 2.52. The number of hydrogen-bond donors (Lipinski definition) is 2. The smallest absolute Gasteiger partial charge is 0.311 e. The molecule has 0 heterocycles. The second-order valence-electron chi connectivity index (χ2n) is 5.85. The Balaban J connectivity index is 1.82. The number of hydrogen-bond acceptors (Lipinski definition) is 2. The molecule has 102 valence electrons. The Morgan fingerprint density at radius 2 is 1.89 bits per heavy atom. The Labute approximate surface area is 108 Å². The Morgan fingerprint density at radius 3 is 2.33 bits per heavy atom. The van der Waals surface area contributed by atoms with Gasteiger partial charge in [0.1, 0.15) is 0 Å². The Morgan fingerprint density at radius 1 is 1.28 bits per heavy atom. The van der Waals surface area contributed by atoms with Crippen molar-refractivity contribution in [1.82, 2.24) is 5.32 Å². The molecule has 2 aliphatic rings. The molecule has 2 fully saturated rings. The molecule has 0 aromatic rings. The minimum absolute atomic E-state index is 0.0689. The van der Waals surface area contributed by atoms with E-state index in [2.05, 4.69) is 5.32 Å². The predicted molar refractivity (Wildman–Crippen MR) is 68.0 cm³/mol. The number of carbonyl (C=O) groups excluding carboxylic acids is 1. The maximum atomic E-state index is 11.9. The van der Waals surface area contributed by atoms with Crippen LogP contribution in [0.15, 0.2) is 0 Å². The van der Waals surface area contributed by atoms with E-state index in [1.54, 1.807) is 0 Å². The molecule has 0 aliphatic heterocycles. The van der Waals surface area contributed by atoms with E-state index in [1.165, 1.54) is 12.8 Å². The van der Waals surface area contributed by atoms with E-state index >= 15 is 0 Å². The second-order valence-corrected chi connectivity index (χ2v) is 5.85. The summed E-state index contributed by atoms with van der Waals surface area (Å²) in [6, 6.07) is 0. The fourth-order valence-electron chi connectivity index (χ4n) is 2.83. The quantitative estimate of drug-likeness (QED) is 0.729. The first-order chi connectivity index (χ1) is 8.54. The zero-order chi connectivity index (χ0) is 13.3. The molecule has 0 aromatic carbocycles. The van der Waals surface area contributed by atoms with Gasteiger partial charge in [-0.25, -0.2) is 0 Å². The van der Waals surface area contributed by atoms with E-state index in [4.69, 9.17) is 0 Å². The van der Waals surface area contributed by atoms with Gasteiger partial charge in [-0.2, -0.15) is 0 Å². The van der Waals surface area contributed by atoms with Gasteiger partial charge in [0.15, 0.2) is 0 Å². The number of carboxylic acids is 1. The lowest BCUT2D eigenvalue weighted by atomic mass is 9.82. The number of aliphatic carboxylic acids is 1. The highest BCUT2D eigenvalue weighted by Crippen LogP contribution is 2.54. The minimum atomic E-state index is -0.803. The molecule has 0 saturated heterocycles. The first-order valence-corrected chi connectivity index (χ1v) is 7.05. The molecule has 4 nitrogen and oxygen atoms in total. The average molecular weight is 253 g/mol. The Kier molecular flexibility index (Phi) is 3.64. The third-order valence-electron chi connectivity index (χ3n) is 4.81. The highest BCUT2D eigenvalue weighted by molar-refractivity contribution is 5.83. The van der Waals surface area contributed by atoms with Crippen molar-refractivity contribution in [3.05, 3.63) is 0 Å². The van der Waals surface area contributed by atoms with Crippen LogP contribution in [0, 0.1) is 23.2 Å². The van der Waals surface area contributed by atoms with Gasteiger partial charge in [-0.05, 0) is 43.9 Å². The van der Waals surface area contributed by atoms with Crippen molar-refractivity contribution in [2.45, 2.75) is 46.0 Å². The van der Waals surface area contributed by atoms with Crippen LogP contribution in [0.2, 0.25) is 0 Å². The van der Waals surface area contributed by atoms with Gasteiger partial charge in [0.2, 0.25) is 5.91 Å².